The number of aryl methyl sites for hydroxylation is 1. The average molecular weight is 295 g/mol. The molecule has 2 aliphatic carbocycles. The average Bonchev–Trinajstić information content (AvgIpc) is 2.63. The molecule has 0 saturated heterocycles. The minimum absolute atomic E-state index is 0.212. The Kier molecular flexibility index (Phi) is 2.60. The van der Waals surface area contributed by atoms with Gasteiger partial charge in [-0.1, -0.05) is 64.5 Å². The van der Waals surface area contributed by atoms with Gasteiger partial charge in [-0.3, -0.25) is 0 Å². The van der Waals surface area contributed by atoms with E-state index in [1.165, 1.54) is 24.1 Å². The highest BCUT2D eigenvalue weighted by atomic mass is 15.0. The van der Waals surface area contributed by atoms with Crippen LogP contribution in [0, 0.1) is 23.2 Å². The Morgan fingerprint density at radius 1 is 1.09 bits per heavy atom. The lowest BCUT2D eigenvalue weighted by atomic mass is 9.52. The normalized spacial score (nSPS) is 36.9. The predicted octanol–water partition coefficient (Wildman–Crippen LogP) is 5.67. The fourth-order valence-electron chi connectivity index (χ4n) is 5.93. The van der Waals surface area contributed by atoms with Crippen molar-refractivity contribution in [3.05, 3.63) is 41.0 Å². The second kappa shape index (κ2) is 3.99. The van der Waals surface area contributed by atoms with Crippen molar-refractivity contribution in [1.82, 2.24) is 0 Å². The van der Waals surface area contributed by atoms with E-state index in [0.29, 0.717) is 17.4 Å². The lowest BCUT2D eigenvalue weighted by molar-refractivity contribution is 0.126. The van der Waals surface area contributed by atoms with E-state index in [2.05, 4.69) is 71.1 Å². The van der Waals surface area contributed by atoms with Crippen molar-refractivity contribution in [1.29, 1.82) is 0 Å². The highest BCUT2D eigenvalue weighted by Gasteiger charge is 2.61. The van der Waals surface area contributed by atoms with E-state index >= 15 is 0 Å². The zero-order valence-electron chi connectivity index (χ0n) is 14.9. The van der Waals surface area contributed by atoms with Crippen molar-refractivity contribution in [2.75, 3.05) is 5.32 Å². The zero-order valence-corrected chi connectivity index (χ0v) is 14.9. The summed E-state index contributed by atoms with van der Waals surface area (Å²) in [6.45, 7) is 14.5. The number of benzene rings is 1. The molecule has 0 radical (unpaired) electrons. The van der Waals surface area contributed by atoms with Crippen molar-refractivity contribution in [2.45, 2.75) is 66.3 Å². The fraction of sp³-hybridized carbons (Fsp3) is 0.619. The Hall–Kier alpha value is -1.24. The van der Waals surface area contributed by atoms with Gasteiger partial charge in [-0.25, -0.2) is 0 Å². The second-order valence-electron chi connectivity index (χ2n) is 9.25. The lowest BCUT2D eigenvalue weighted by Gasteiger charge is -2.56. The molecule has 0 aromatic heterocycles. The Labute approximate surface area is 135 Å². The number of nitrogens with one attached hydrogen (secondary N) is 1. The van der Waals surface area contributed by atoms with E-state index in [1.807, 2.05) is 0 Å². The van der Waals surface area contributed by atoms with E-state index in [0.717, 1.165) is 0 Å². The molecule has 1 saturated carbocycles. The summed E-state index contributed by atoms with van der Waals surface area (Å²) >= 11 is 0. The van der Waals surface area contributed by atoms with Crippen LogP contribution in [0.4, 0.5) is 5.69 Å². The maximum atomic E-state index is 3.97. The van der Waals surface area contributed by atoms with Gasteiger partial charge in [0.2, 0.25) is 0 Å². The largest absolute Gasteiger partial charge is 0.380 e. The fourth-order valence-corrected chi connectivity index (χ4v) is 5.93. The van der Waals surface area contributed by atoms with E-state index in [1.54, 1.807) is 11.1 Å². The molecule has 0 spiro atoms. The first-order valence-corrected chi connectivity index (χ1v) is 8.78. The molecule has 0 bridgehead atoms. The first-order valence-electron chi connectivity index (χ1n) is 8.78. The molecule has 1 fully saturated rings. The third-order valence-electron chi connectivity index (χ3n) is 6.92. The molecule has 3 atom stereocenters. The van der Waals surface area contributed by atoms with Crippen molar-refractivity contribution in [2.24, 2.45) is 16.2 Å². The molecular weight excluding hydrogens is 266 g/mol. The van der Waals surface area contributed by atoms with Gasteiger partial charge in [-0.2, -0.15) is 0 Å². The van der Waals surface area contributed by atoms with Crippen LogP contribution >= 0.6 is 0 Å². The van der Waals surface area contributed by atoms with Crippen LogP contribution in [0.5, 0.6) is 0 Å². The molecule has 1 aromatic carbocycles. The van der Waals surface area contributed by atoms with Gasteiger partial charge in [0.05, 0.1) is 0 Å². The minimum atomic E-state index is 0.212. The van der Waals surface area contributed by atoms with Gasteiger partial charge in [-0.15, -0.1) is 0 Å². The molecule has 22 heavy (non-hydrogen) atoms. The molecule has 0 amide bonds. The third-order valence-corrected chi connectivity index (χ3v) is 6.92. The Morgan fingerprint density at radius 3 is 2.55 bits per heavy atom. The molecule has 118 valence electrons. The summed E-state index contributed by atoms with van der Waals surface area (Å²) in [5.74, 6) is 0.662. The summed E-state index contributed by atoms with van der Waals surface area (Å²) in [7, 11) is 0. The van der Waals surface area contributed by atoms with Gasteiger partial charge in [0.25, 0.3) is 0 Å². The van der Waals surface area contributed by atoms with Crippen molar-refractivity contribution >= 4 is 5.69 Å². The van der Waals surface area contributed by atoms with Gasteiger partial charge >= 0.3 is 0 Å². The number of rotatable bonds is 0. The smallest absolute Gasteiger partial charge is 0.0443 e. The number of fused-ring (bicyclic) bond motifs is 2. The minimum Gasteiger partial charge on any atom is -0.380 e. The van der Waals surface area contributed by atoms with Crippen molar-refractivity contribution < 1.29 is 0 Å². The van der Waals surface area contributed by atoms with Gasteiger partial charge in [-0.05, 0) is 42.2 Å². The van der Waals surface area contributed by atoms with Crippen LogP contribution in [0.3, 0.4) is 0 Å². The summed E-state index contributed by atoms with van der Waals surface area (Å²) in [6, 6.07) is 7.36. The quantitative estimate of drug-likeness (QED) is 0.608. The SMILES string of the molecule is Cc1cccc2c1N[C@H]1C(C)(C)C=C3C(C)(C)CC[C@H]2[C@]31C. The number of hydrogen-bond acceptors (Lipinski definition) is 1. The Morgan fingerprint density at radius 2 is 1.82 bits per heavy atom. The van der Waals surface area contributed by atoms with Crippen LogP contribution in [0.2, 0.25) is 0 Å². The van der Waals surface area contributed by atoms with Crippen LogP contribution in [0.1, 0.15) is 64.5 Å². The molecule has 1 heterocycles. The van der Waals surface area contributed by atoms with E-state index < -0.39 is 0 Å². The van der Waals surface area contributed by atoms with Crippen LogP contribution in [-0.2, 0) is 0 Å². The summed E-state index contributed by atoms with van der Waals surface area (Å²) in [4.78, 5) is 0. The zero-order chi connectivity index (χ0) is 15.9. The second-order valence-corrected chi connectivity index (χ2v) is 9.25. The first kappa shape index (κ1) is 14.4. The monoisotopic (exact) mass is 295 g/mol. The molecule has 1 nitrogen and oxygen atoms in total. The topological polar surface area (TPSA) is 12.0 Å². The highest BCUT2D eigenvalue weighted by Crippen LogP contribution is 2.68. The number of anilines is 1. The number of hydrogen-bond donors (Lipinski definition) is 1. The highest BCUT2D eigenvalue weighted by molar-refractivity contribution is 5.65. The molecule has 4 rings (SSSR count). The van der Waals surface area contributed by atoms with Gasteiger partial charge in [0, 0.05) is 22.6 Å². The van der Waals surface area contributed by atoms with Crippen LogP contribution in [-0.4, -0.2) is 6.04 Å². The Bertz CT molecular complexity index is 679. The van der Waals surface area contributed by atoms with Crippen LogP contribution < -0.4 is 5.32 Å². The molecule has 1 N–H and O–H groups in total. The van der Waals surface area contributed by atoms with Crippen LogP contribution in [0.15, 0.2) is 29.8 Å². The Balaban J connectivity index is 1.98. The maximum absolute atomic E-state index is 3.97. The summed E-state index contributed by atoms with van der Waals surface area (Å²) in [5.41, 5.74) is 6.87. The maximum Gasteiger partial charge on any atom is 0.0443 e. The van der Waals surface area contributed by atoms with Gasteiger partial charge < -0.3 is 5.32 Å². The molecule has 0 unspecified atom stereocenters. The van der Waals surface area contributed by atoms with Crippen LogP contribution in [0.25, 0.3) is 0 Å². The molecular formula is C21H29N. The predicted molar refractivity (Wildman–Crippen MR) is 94.3 cm³/mol. The van der Waals surface area contributed by atoms with Crippen molar-refractivity contribution in [3.63, 3.8) is 0 Å². The summed E-state index contributed by atoms with van der Waals surface area (Å²) in [5, 5.41) is 3.97. The van der Waals surface area contributed by atoms with Gasteiger partial charge in [0.1, 0.15) is 0 Å². The number of para-hydroxylation sites is 1. The van der Waals surface area contributed by atoms with Gasteiger partial charge in [0.15, 0.2) is 0 Å². The molecule has 1 aromatic rings. The summed E-state index contributed by atoms with van der Waals surface area (Å²) < 4.78 is 0. The molecule has 1 heteroatoms. The van der Waals surface area contributed by atoms with E-state index in [4.69, 9.17) is 0 Å². The molecule has 1 aliphatic heterocycles. The first-order chi connectivity index (χ1) is 10.2. The van der Waals surface area contributed by atoms with E-state index in [9.17, 15) is 0 Å². The van der Waals surface area contributed by atoms with Crippen molar-refractivity contribution in [3.8, 4) is 0 Å². The standard InChI is InChI=1S/C21H29N/c1-13-8-7-9-14-15-10-11-19(2,3)16-12-20(4,5)18(21(15,16)6)22-17(13)14/h7-9,12,15,18,22H,10-11H2,1-6H3/t15-,18+,21-/m1/s1. The molecule has 3 aliphatic rings. The lowest BCUT2D eigenvalue weighted by Crippen LogP contribution is -2.53. The summed E-state index contributed by atoms with van der Waals surface area (Å²) in [6.07, 6.45) is 5.22. The third kappa shape index (κ3) is 1.55. The van der Waals surface area contributed by atoms with E-state index in [-0.39, 0.29) is 10.8 Å².